The molecule has 0 radical (unpaired) electrons. The first kappa shape index (κ1) is 14.2. The Labute approximate surface area is 82.4 Å². The maximum Gasteiger partial charge on any atom is 0.456 e. The van der Waals surface area contributed by atoms with Gasteiger partial charge in [-0.1, -0.05) is 19.8 Å². The second kappa shape index (κ2) is 4.85. The van der Waals surface area contributed by atoms with E-state index in [-0.39, 0.29) is 6.42 Å². The van der Waals surface area contributed by atoms with Gasteiger partial charge in [0.05, 0.1) is 0 Å². The van der Waals surface area contributed by atoms with E-state index in [9.17, 15) is 31.1 Å². The van der Waals surface area contributed by atoms with E-state index in [1.807, 2.05) is 0 Å². The third kappa shape index (κ3) is 3.71. The van der Waals surface area contributed by atoms with Crippen molar-refractivity contribution in [1.29, 1.82) is 0 Å². The summed E-state index contributed by atoms with van der Waals surface area (Å²) in [5.74, 6) is -8.30. The lowest BCUT2D eigenvalue weighted by Gasteiger charge is -2.20. The predicted molar refractivity (Wildman–Crippen MR) is 40.4 cm³/mol. The summed E-state index contributed by atoms with van der Waals surface area (Å²) in [7, 11) is 0. The number of ketones is 1. The molecule has 0 saturated carbocycles. The van der Waals surface area contributed by atoms with Gasteiger partial charge in [-0.3, -0.25) is 4.79 Å². The average molecular weight is 236 g/mol. The number of unbranched alkanes of at least 4 members (excludes halogenated alkanes) is 1. The molecule has 0 aliphatic rings. The van der Waals surface area contributed by atoms with Gasteiger partial charge in [0.1, 0.15) is 0 Å². The highest BCUT2D eigenvalue weighted by atomic mass is 19.4. The summed E-state index contributed by atoms with van der Waals surface area (Å²) in [6.07, 6.45) is -9.18. The Morgan fingerprint density at radius 2 is 1.67 bits per heavy atom. The van der Waals surface area contributed by atoms with Crippen LogP contribution in [0.5, 0.6) is 0 Å². The molecule has 7 heteroatoms. The first-order chi connectivity index (χ1) is 6.64. The first-order valence-corrected chi connectivity index (χ1v) is 4.27. The van der Waals surface area contributed by atoms with Crippen LogP contribution in [-0.4, -0.2) is 24.1 Å². The number of alkyl halides is 6. The molecule has 0 fully saturated rings. The van der Waals surface area contributed by atoms with Crippen LogP contribution >= 0.6 is 0 Å². The van der Waals surface area contributed by atoms with E-state index in [1.165, 1.54) is 0 Å². The van der Waals surface area contributed by atoms with Crippen molar-refractivity contribution in [2.75, 3.05) is 0 Å². The van der Waals surface area contributed by atoms with Crippen molar-refractivity contribution in [3.63, 3.8) is 0 Å². The van der Waals surface area contributed by atoms with Crippen LogP contribution < -0.4 is 0 Å². The SMILES string of the molecule is CCCCC(F)C(F)(F)C(=O)C(F)(F)F. The van der Waals surface area contributed by atoms with Crippen LogP contribution in [0.4, 0.5) is 26.3 Å². The molecule has 0 aromatic rings. The maximum absolute atomic E-state index is 12.7. The van der Waals surface area contributed by atoms with Gasteiger partial charge in [-0.2, -0.15) is 22.0 Å². The Morgan fingerprint density at radius 3 is 2.00 bits per heavy atom. The van der Waals surface area contributed by atoms with Crippen molar-refractivity contribution in [3.05, 3.63) is 0 Å². The molecule has 0 aromatic heterocycles. The molecule has 0 aliphatic carbocycles. The van der Waals surface area contributed by atoms with Gasteiger partial charge in [0.2, 0.25) is 0 Å². The Bertz CT molecular complexity index is 222. The molecule has 0 bridgehead atoms. The fourth-order valence-corrected chi connectivity index (χ4v) is 0.896. The smallest absolute Gasteiger partial charge is 0.283 e. The lowest BCUT2D eigenvalue weighted by Crippen LogP contribution is -2.46. The van der Waals surface area contributed by atoms with Crippen LogP contribution in [0.2, 0.25) is 0 Å². The van der Waals surface area contributed by atoms with Crippen LogP contribution in [0.1, 0.15) is 26.2 Å². The molecule has 90 valence electrons. The molecule has 0 N–H and O–H groups in total. The summed E-state index contributed by atoms with van der Waals surface area (Å²) in [4.78, 5) is 10.2. The summed E-state index contributed by atoms with van der Waals surface area (Å²) in [6.45, 7) is 1.57. The van der Waals surface area contributed by atoms with Crippen LogP contribution in [-0.2, 0) is 4.79 Å². The minimum Gasteiger partial charge on any atom is -0.283 e. The van der Waals surface area contributed by atoms with E-state index in [0.717, 1.165) is 0 Å². The van der Waals surface area contributed by atoms with E-state index in [0.29, 0.717) is 6.42 Å². The molecule has 1 atom stereocenters. The third-order valence-electron chi connectivity index (χ3n) is 1.76. The van der Waals surface area contributed by atoms with Gasteiger partial charge in [-0.25, -0.2) is 4.39 Å². The minimum atomic E-state index is -5.71. The second-order valence-electron chi connectivity index (χ2n) is 3.06. The van der Waals surface area contributed by atoms with Crippen molar-refractivity contribution >= 4 is 5.78 Å². The number of hydrogen-bond donors (Lipinski definition) is 0. The van der Waals surface area contributed by atoms with Gasteiger partial charge < -0.3 is 0 Å². The number of carbonyl (C=O) groups is 1. The summed E-state index contributed by atoms with van der Waals surface area (Å²) < 4.78 is 72.7. The third-order valence-corrected chi connectivity index (χ3v) is 1.76. The fraction of sp³-hybridized carbons (Fsp3) is 0.875. The number of carbonyl (C=O) groups excluding carboxylic acids is 1. The fourth-order valence-electron chi connectivity index (χ4n) is 0.896. The summed E-state index contributed by atoms with van der Waals surface area (Å²) in [5.41, 5.74) is 0. The Morgan fingerprint density at radius 1 is 1.20 bits per heavy atom. The van der Waals surface area contributed by atoms with Crippen molar-refractivity contribution in [3.8, 4) is 0 Å². The zero-order valence-corrected chi connectivity index (χ0v) is 7.87. The van der Waals surface area contributed by atoms with Crippen molar-refractivity contribution in [2.24, 2.45) is 0 Å². The molecule has 1 nitrogen and oxygen atoms in total. The van der Waals surface area contributed by atoms with Gasteiger partial charge in [0, 0.05) is 0 Å². The maximum atomic E-state index is 12.7. The van der Waals surface area contributed by atoms with Crippen molar-refractivity contribution in [2.45, 2.75) is 44.5 Å². The molecule has 0 spiro atoms. The number of halogens is 6. The van der Waals surface area contributed by atoms with E-state index < -0.39 is 30.5 Å². The molecule has 0 heterocycles. The normalized spacial score (nSPS) is 15.1. The Balaban J connectivity index is 4.59. The topological polar surface area (TPSA) is 17.1 Å². The van der Waals surface area contributed by atoms with E-state index in [4.69, 9.17) is 0 Å². The van der Waals surface area contributed by atoms with Gasteiger partial charge in [0.15, 0.2) is 6.17 Å². The van der Waals surface area contributed by atoms with Crippen LogP contribution in [0.15, 0.2) is 0 Å². The molecule has 0 amide bonds. The highest BCUT2D eigenvalue weighted by Gasteiger charge is 2.59. The lowest BCUT2D eigenvalue weighted by molar-refractivity contribution is -0.203. The molecule has 1 unspecified atom stereocenters. The standard InChI is InChI=1S/C8H10F6O/c1-2-3-4-5(9)7(10,11)6(15)8(12,13)14/h5H,2-4H2,1H3. The van der Waals surface area contributed by atoms with Crippen LogP contribution in [0, 0.1) is 0 Å². The number of hydrogen-bond acceptors (Lipinski definition) is 1. The van der Waals surface area contributed by atoms with Gasteiger partial charge >= 0.3 is 17.9 Å². The lowest BCUT2D eigenvalue weighted by atomic mass is 10.0. The largest absolute Gasteiger partial charge is 0.456 e. The molecule has 0 saturated heterocycles. The first-order valence-electron chi connectivity index (χ1n) is 4.27. The van der Waals surface area contributed by atoms with E-state index in [1.54, 1.807) is 6.92 Å². The van der Waals surface area contributed by atoms with E-state index >= 15 is 0 Å². The molecule has 15 heavy (non-hydrogen) atoms. The minimum absolute atomic E-state index is 0.00188. The van der Waals surface area contributed by atoms with Crippen molar-refractivity contribution in [1.82, 2.24) is 0 Å². The predicted octanol–water partition coefficient (Wildman–Crippen LogP) is 3.28. The molecule has 0 aliphatic heterocycles. The quantitative estimate of drug-likeness (QED) is 0.669. The zero-order chi connectivity index (χ0) is 12.3. The number of rotatable bonds is 5. The Hall–Kier alpha value is -0.750. The molecule has 0 aromatic carbocycles. The monoisotopic (exact) mass is 236 g/mol. The summed E-state index contributed by atoms with van der Waals surface area (Å²) in [6, 6.07) is 0. The number of Topliss-reactive ketones (excluding diaryl/α,β-unsaturated/α-hetero) is 1. The highest BCUT2D eigenvalue weighted by Crippen LogP contribution is 2.33. The summed E-state index contributed by atoms with van der Waals surface area (Å²) in [5, 5.41) is 0. The van der Waals surface area contributed by atoms with Gasteiger partial charge in [0.25, 0.3) is 0 Å². The van der Waals surface area contributed by atoms with Crippen molar-refractivity contribution < 1.29 is 31.1 Å². The van der Waals surface area contributed by atoms with E-state index in [2.05, 4.69) is 0 Å². The second-order valence-corrected chi connectivity index (χ2v) is 3.06. The molecule has 0 rings (SSSR count). The summed E-state index contributed by atoms with van der Waals surface area (Å²) >= 11 is 0. The van der Waals surface area contributed by atoms with Gasteiger partial charge in [-0.05, 0) is 6.42 Å². The molecular formula is C8H10F6O. The van der Waals surface area contributed by atoms with Crippen LogP contribution in [0.25, 0.3) is 0 Å². The van der Waals surface area contributed by atoms with Gasteiger partial charge in [-0.15, -0.1) is 0 Å². The molecular weight excluding hydrogens is 226 g/mol. The Kier molecular flexibility index (Phi) is 4.61. The average Bonchev–Trinajstić information content (AvgIpc) is 2.11. The zero-order valence-electron chi connectivity index (χ0n) is 7.87. The highest BCUT2D eigenvalue weighted by molar-refractivity contribution is 5.91. The van der Waals surface area contributed by atoms with Crippen LogP contribution in [0.3, 0.4) is 0 Å².